The molecule has 5 unspecified atom stereocenters. The summed E-state index contributed by atoms with van der Waals surface area (Å²) in [6, 6.07) is -1.78. The lowest BCUT2D eigenvalue weighted by Gasteiger charge is -2.20. The molecule has 0 rings (SSSR count). The van der Waals surface area contributed by atoms with Crippen molar-refractivity contribution in [3.8, 4) is 0 Å². The van der Waals surface area contributed by atoms with Crippen molar-refractivity contribution in [2.45, 2.75) is 168 Å². The molecule has 5 amide bonds. The first-order valence-corrected chi connectivity index (χ1v) is 22.7. The Balaban J connectivity index is 4.45. The van der Waals surface area contributed by atoms with Crippen LogP contribution in [0.5, 0.6) is 0 Å². The van der Waals surface area contributed by atoms with Crippen molar-refractivity contribution in [1.29, 1.82) is 0 Å². The maximum atomic E-state index is 13.0. The standard InChI is InChI=1S/C42H84N10O7/c1-7-43-33(22-12-17-27-48-32(6)53)38(54)49-28-18-13-23-34(44-8-2)39(55)50-29-19-14-24-35(45-9-3)40(56)51-30-20-15-25-36(46-10-4)41(57)52-31-21-16-26-37(42(58)59)47-11-5/h33-37,43-47H,7-31H2,1-6H3,(H,48,53)(H,49,54)(H,50,55)(H,51,56)(H,52,57)(H,58,59). The summed E-state index contributed by atoms with van der Waals surface area (Å²) < 4.78 is 0. The van der Waals surface area contributed by atoms with Crippen LogP contribution in [0.4, 0.5) is 0 Å². The van der Waals surface area contributed by atoms with Crippen molar-refractivity contribution in [2.24, 2.45) is 0 Å². The van der Waals surface area contributed by atoms with Gasteiger partial charge in [-0.05, 0) is 129 Å². The topological polar surface area (TPSA) is 243 Å². The van der Waals surface area contributed by atoms with Crippen molar-refractivity contribution in [3.63, 3.8) is 0 Å². The molecule has 0 fully saturated rings. The van der Waals surface area contributed by atoms with Crippen molar-refractivity contribution >= 4 is 35.5 Å². The summed E-state index contributed by atoms with van der Waals surface area (Å²) >= 11 is 0. The van der Waals surface area contributed by atoms with Crippen LogP contribution in [0.2, 0.25) is 0 Å². The summed E-state index contributed by atoms with van der Waals surface area (Å²) in [4.78, 5) is 73.8. The van der Waals surface area contributed by atoms with E-state index in [1.54, 1.807) is 0 Å². The zero-order valence-electron chi connectivity index (χ0n) is 37.5. The summed E-state index contributed by atoms with van der Waals surface area (Å²) in [6.07, 6.45) is 10.8. The molecule has 11 N–H and O–H groups in total. The number of likely N-dealkylation sites (N-methyl/N-ethyl adjacent to an activating group) is 5. The van der Waals surface area contributed by atoms with Crippen LogP contribution in [0, 0.1) is 0 Å². The van der Waals surface area contributed by atoms with Gasteiger partial charge in [-0.25, -0.2) is 0 Å². The van der Waals surface area contributed by atoms with Gasteiger partial charge >= 0.3 is 5.97 Å². The molecule has 59 heavy (non-hydrogen) atoms. The highest BCUT2D eigenvalue weighted by atomic mass is 16.4. The normalized spacial score (nSPS) is 13.7. The molecule has 0 aliphatic carbocycles. The van der Waals surface area contributed by atoms with Gasteiger partial charge in [0, 0.05) is 39.6 Å². The van der Waals surface area contributed by atoms with Crippen LogP contribution in [-0.4, -0.2) is 136 Å². The molecule has 0 aliphatic heterocycles. The Hall–Kier alpha value is -3.38. The number of rotatable bonds is 40. The van der Waals surface area contributed by atoms with Crippen molar-refractivity contribution in [2.75, 3.05) is 65.4 Å². The van der Waals surface area contributed by atoms with E-state index in [0.29, 0.717) is 110 Å². The van der Waals surface area contributed by atoms with Gasteiger partial charge in [0.15, 0.2) is 0 Å². The third-order valence-electron chi connectivity index (χ3n) is 9.99. The quantitative estimate of drug-likeness (QED) is 0.0393. The van der Waals surface area contributed by atoms with Gasteiger partial charge in [0.05, 0.1) is 24.2 Å². The number of hydrogen-bond donors (Lipinski definition) is 11. The molecule has 0 bridgehead atoms. The number of aliphatic carboxylic acids is 1. The number of carboxylic acid groups (broad SMARTS) is 1. The second-order valence-corrected chi connectivity index (χ2v) is 15.0. The Morgan fingerprint density at radius 2 is 0.576 bits per heavy atom. The summed E-state index contributed by atoms with van der Waals surface area (Å²) in [5, 5.41) is 40.1. The van der Waals surface area contributed by atoms with E-state index in [2.05, 4.69) is 53.2 Å². The van der Waals surface area contributed by atoms with Gasteiger partial charge < -0.3 is 58.3 Å². The first kappa shape index (κ1) is 55.6. The second-order valence-electron chi connectivity index (χ2n) is 15.0. The maximum absolute atomic E-state index is 13.0. The number of carbonyl (C=O) groups excluding carboxylic acids is 5. The fourth-order valence-corrected chi connectivity index (χ4v) is 6.82. The van der Waals surface area contributed by atoms with Crippen LogP contribution in [0.3, 0.4) is 0 Å². The van der Waals surface area contributed by atoms with Gasteiger partial charge in [-0.2, -0.15) is 0 Å². The second kappa shape index (κ2) is 37.6. The lowest BCUT2D eigenvalue weighted by atomic mass is 10.1. The molecule has 17 nitrogen and oxygen atoms in total. The zero-order chi connectivity index (χ0) is 44.1. The molecule has 0 aromatic heterocycles. The largest absolute Gasteiger partial charge is 0.480 e. The number of nitrogens with one attached hydrogen (secondary N) is 10. The molecular weight excluding hydrogens is 757 g/mol. The van der Waals surface area contributed by atoms with Crippen molar-refractivity contribution < 1.29 is 33.9 Å². The SMILES string of the molecule is CCNC(CCCCNC(=O)C(CCCCNC(=O)C(CCCCNC(=O)C(CCCCNC(=O)C(CCCCNC(C)=O)NCC)NCC)NCC)NCC)C(=O)O. The first-order chi connectivity index (χ1) is 28.4. The smallest absolute Gasteiger partial charge is 0.320 e. The highest BCUT2D eigenvalue weighted by Crippen LogP contribution is 2.07. The molecule has 0 saturated carbocycles. The minimum absolute atomic E-state index is 0.0201. The Morgan fingerprint density at radius 1 is 0.356 bits per heavy atom. The van der Waals surface area contributed by atoms with E-state index in [1.807, 2.05) is 34.6 Å². The number of hydrogen-bond acceptors (Lipinski definition) is 11. The van der Waals surface area contributed by atoms with Gasteiger partial charge in [-0.15, -0.1) is 0 Å². The zero-order valence-corrected chi connectivity index (χ0v) is 37.5. The predicted molar refractivity (Wildman–Crippen MR) is 235 cm³/mol. The molecule has 5 atom stereocenters. The summed E-state index contributed by atoms with van der Waals surface area (Å²) in [5.74, 6) is -1.07. The number of carbonyl (C=O) groups is 6. The highest BCUT2D eigenvalue weighted by molar-refractivity contribution is 5.83. The fraction of sp³-hybridized carbons (Fsp3) is 0.857. The lowest BCUT2D eigenvalue weighted by molar-refractivity contribution is -0.139. The van der Waals surface area contributed by atoms with Crippen LogP contribution in [0.1, 0.15) is 138 Å². The summed E-state index contributed by atoms with van der Waals surface area (Å²) in [6.45, 7) is 17.2. The van der Waals surface area contributed by atoms with Crippen LogP contribution in [-0.2, 0) is 28.8 Å². The fourth-order valence-electron chi connectivity index (χ4n) is 6.82. The molecule has 0 aromatic rings. The monoisotopic (exact) mass is 841 g/mol. The van der Waals surface area contributed by atoms with E-state index in [0.717, 1.165) is 51.4 Å². The molecule has 0 spiro atoms. The molecular formula is C42H84N10O7. The summed E-state index contributed by atoms with van der Waals surface area (Å²) in [5.41, 5.74) is 0. The number of unbranched alkanes of at least 4 members (excludes halogenated alkanes) is 5. The molecule has 344 valence electrons. The summed E-state index contributed by atoms with van der Waals surface area (Å²) in [7, 11) is 0. The van der Waals surface area contributed by atoms with Crippen LogP contribution >= 0.6 is 0 Å². The van der Waals surface area contributed by atoms with Gasteiger partial charge in [-0.1, -0.05) is 34.6 Å². The number of carboxylic acids is 1. The molecule has 0 aromatic carbocycles. The van der Waals surface area contributed by atoms with Crippen molar-refractivity contribution in [3.05, 3.63) is 0 Å². The number of amides is 5. The highest BCUT2D eigenvalue weighted by Gasteiger charge is 2.21. The van der Waals surface area contributed by atoms with E-state index < -0.39 is 12.0 Å². The average molecular weight is 841 g/mol. The van der Waals surface area contributed by atoms with Crippen LogP contribution in [0.15, 0.2) is 0 Å². The van der Waals surface area contributed by atoms with E-state index in [-0.39, 0.29) is 53.7 Å². The van der Waals surface area contributed by atoms with Gasteiger partial charge in [0.2, 0.25) is 29.5 Å². The minimum Gasteiger partial charge on any atom is -0.480 e. The maximum Gasteiger partial charge on any atom is 0.320 e. The van der Waals surface area contributed by atoms with E-state index >= 15 is 0 Å². The predicted octanol–water partition coefficient (Wildman–Crippen LogP) is 1.41. The molecule has 17 heteroatoms. The Morgan fingerprint density at radius 3 is 0.797 bits per heavy atom. The molecule has 0 aliphatic rings. The van der Waals surface area contributed by atoms with Gasteiger partial charge in [-0.3, -0.25) is 28.8 Å². The lowest BCUT2D eigenvalue weighted by Crippen LogP contribution is -2.45. The van der Waals surface area contributed by atoms with E-state index in [9.17, 15) is 33.9 Å². The van der Waals surface area contributed by atoms with Gasteiger partial charge in [0.1, 0.15) is 6.04 Å². The Bertz CT molecular complexity index is 1150. The van der Waals surface area contributed by atoms with E-state index in [1.165, 1.54) is 6.92 Å². The van der Waals surface area contributed by atoms with E-state index in [4.69, 9.17) is 0 Å². The van der Waals surface area contributed by atoms with Crippen molar-refractivity contribution in [1.82, 2.24) is 53.2 Å². The third-order valence-corrected chi connectivity index (χ3v) is 9.99. The Labute approximate surface area is 355 Å². The van der Waals surface area contributed by atoms with Crippen LogP contribution < -0.4 is 53.2 Å². The van der Waals surface area contributed by atoms with Crippen LogP contribution in [0.25, 0.3) is 0 Å². The average Bonchev–Trinajstić information content (AvgIpc) is 3.20. The third kappa shape index (κ3) is 29.5. The minimum atomic E-state index is -0.854. The first-order valence-electron chi connectivity index (χ1n) is 22.7. The molecule has 0 saturated heterocycles. The molecule has 0 heterocycles. The Kier molecular flexibility index (Phi) is 35.5. The molecule has 0 radical (unpaired) electrons. The van der Waals surface area contributed by atoms with Gasteiger partial charge in [0.25, 0.3) is 0 Å².